The molecule has 0 amide bonds. The van der Waals surface area contributed by atoms with E-state index in [4.69, 9.17) is 14.7 Å². The van der Waals surface area contributed by atoms with Gasteiger partial charge in [0, 0.05) is 13.0 Å². The fraction of sp³-hybridized carbons (Fsp3) is 0.500. The van der Waals surface area contributed by atoms with Gasteiger partial charge in [-0.15, -0.1) is 0 Å². The maximum Gasteiger partial charge on any atom is 0.122 e. The van der Waals surface area contributed by atoms with E-state index in [2.05, 4.69) is 11.4 Å². The molecule has 0 fully saturated rings. The van der Waals surface area contributed by atoms with E-state index < -0.39 is 0 Å². The molecule has 0 aliphatic heterocycles. The van der Waals surface area contributed by atoms with Gasteiger partial charge < -0.3 is 14.8 Å². The summed E-state index contributed by atoms with van der Waals surface area (Å²) >= 11 is 0. The maximum absolute atomic E-state index is 8.44. The first-order valence-electron chi connectivity index (χ1n) is 6.02. The fourth-order valence-corrected chi connectivity index (χ4v) is 1.80. The number of aryl methyl sites for hydroxylation is 1. The van der Waals surface area contributed by atoms with E-state index in [1.54, 1.807) is 14.2 Å². The highest BCUT2D eigenvalue weighted by Crippen LogP contribution is 2.28. The van der Waals surface area contributed by atoms with Crippen LogP contribution in [0.1, 0.15) is 17.5 Å². The van der Waals surface area contributed by atoms with Crippen molar-refractivity contribution in [2.24, 2.45) is 0 Å². The van der Waals surface area contributed by atoms with E-state index in [1.807, 2.05) is 19.1 Å². The Bertz CT molecular complexity index is 425. The molecule has 0 unspecified atom stereocenters. The average molecular weight is 248 g/mol. The number of methoxy groups -OCH3 is 2. The quantitative estimate of drug-likeness (QED) is 0.750. The van der Waals surface area contributed by atoms with E-state index in [-0.39, 0.29) is 0 Å². The molecule has 0 aliphatic rings. The summed E-state index contributed by atoms with van der Waals surface area (Å²) in [6.07, 6.45) is 1.39. The lowest BCUT2D eigenvalue weighted by atomic mass is 10.1. The van der Waals surface area contributed by atoms with Crippen molar-refractivity contribution in [3.63, 3.8) is 0 Å². The summed E-state index contributed by atoms with van der Waals surface area (Å²) in [4.78, 5) is 0. The molecule has 1 aromatic carbocycles. The number of nitriles is 1. The lowest BCUT2D eigenvalue weighted by molar-refractivity contribution is 0.396. The minimum atomic E-state index is 0.536. The van der Waals surface area contributed by atoms with Crippen molar-refractivity contribution in [1.29, 1.82) is 5.26 Å². The van der Waals surface area contributed by atoms with Crippen molar-refractivity contribution < 1.29 is 9.47 Å². The molecule has 0 heterocycles. The largest absolute Gasteiger partial charge is 0.496 e. The van der Waals surface area contributed by atoms with Crippen molar-refractivity contribution in [1.82, 2.24) is 5.32 Å². The van der Waals surface area contributed by atoms with Gasteiger partial charge in [0.25, 0.3) is 0 Å². The van der Waals surface area contributed by atoms with E-state index in [9.17, 15) is 0 Å². The summed E-state index contributed by atoms with van der Waals surface area (Å²) in [6.45, 7) is 3.54. The Kier molecular flexibility index (Phi) is 6.03. The third-order valence-electron chi connectivity index (χ3n) is 2.78. The lowest BCUT2D eigenvalue weighted by Gasteiger charge is -2.13. The first-order chi connectivity index (χ1) is 8.72. The SMILES string of the molecule is COc1cc(CCNCCC#N)c(OC)cc1C. The van der Waals surface area contributed by atoms with Gasteiger partial charge in [-0.3, -0.25) is 0 Å². The molecule has 18 heavy (non-hydrogen) atoms. The molecule has 0 bridgehead atoms. The molecule has 0 radical (unpaired) electrons. The molecule has 0 aliphatic carbocycles. The van der Waals surface area contributed by atoms with Crippen LogP contribution in [0.2, 0.25) is 0 Å². The first kappa shape index (κ1) is 14.3. The normalized spacial score (nSPS) is 9.89. The molecule has 4 nitrogen and oxygen atoms in total. The molecular formula is C14H20N2O2. The van der Waals surface area contributed by atoms with Crippen molar-refractivity contribution in [3.8, 4) is 17.6 Å². The molecule has 0 atom stereocenters. The summed E-state index contributed by atoms with van der Waals surface area (Å²) in [5, 5.41) is 11.7. The smallest absolute Gasteiger partial charge is 0.122 e. The Balaban J connectivity index is 2.65. The van der Waals surface area contributed by atoms with Crippen LogP contribution >= 0.6 is 0 Å². The second kappa shape index (κ2) is 7.57. The van der Waals surface area contributed by atoms with Gasteiger partial charge in [0.2, 0.25) is 0 Å². The predicted molar refractivity (Wildman–Crippen MR) is 71.1 cm³/mol. The van der Waals surface area contributed by atoms with E-state index >= 15 is 0 Å². The minimum Gasteiger partial charge on any atom is -0.496 e. The first-order valence-corrected chi connectivity index (χ1v) is 6.02. The third kappa shape index (κ3) is 3.94. The maximum atomic E-state index is 8.44. The summed E-state index contributed by atoms with van der Waals surface area (Å²) in [5.41, 5.74) is 2.18. The van der Waals surface area contributed by atoms with Crippen molar-refractivity contribution >= 4 is 0 Å². The summed E-state index contributed by atoms with van der Waals surface area (Å²) in [7, 11) is 3.34. The molecule has 1 rings (SSSR count). The second-order valence-corrected chi connectivity index (χ2v) is 4.04. The van der Waals surface area contributed by atoms with Crippen LogP contribution in [-0.4, -0.2) is 27.3 Å². The molecule has 0 spiro atoms. The zero-order valence-corrected chi connectivity index (χ0v) is 11.2. The molecule has 1 aromatic rings. The number of nitrogens with one attached hydrogen (secondary N) is 1. The van der Waals surface area contributed by atoms with Crippen LogP contribution in [0.3, 0.4) is 0 Å². The topological polar surface area (TPSA) is 54.3 Å². The highest BCUT2D eigenvalue weighted by molar-refractivity contribution is 5.46. The average Bonchev–Trinajstić information content (AvgIpc) is 2.39. The van der Waals surface area contributed by atoms with Crippen LogP contribution in [-0.2, 0) is 6.42 Å². The summed E-state index contributed by atoms with van der Waals surface area (Å²) in [5.74, 6) is 1.76. The number of hydrogen-bond donors (Lipinski definition) is 1. The molecule has 0 saturated carbocycles. The molecule has 1 N–H and O–H groups in total. The number of ether oxygens (including phenoxy) is 2. The van der Waals surface area contributed by atoms with Crippen molar-refractivity contribution in [3.05, 3.63) is 23.3 Å². The van der Waals surface area contributed by atoms with Gasteiger partial charge in [-0.25, -0.2) is 0 Å². The Morgan fingerprint density at radius 2 is 1.89 bits per heavy atom. The lowest BCUT2D eigenvalue weighted by Crippen LogP contribution is -2.18. The summed E-state index contributed by atoms with van der Waals surface area (Å²) < 4.78 is 10.7. The molecule has 98 valence electrons. The predicted octanol–water partition coefficient (Wildman–Crippen LogP) is 2.06. The van der Waals surface area contributed by atoms with Gasteiger partial charge in [-0.05, 0) is 43.1 Å². The monoisotopic (exact) mass is 248 g/mol. The van der Waals surface area contributed by atoms with Crippen LogP contribution in [0.25, 0.3) is 0 Å². The van der Waals surface area contributed by atoms with Crippen molar-refractivity contribution in [2.75, 3.05) is 27.3 Å². The van der Waals surface area contributed by atoms with Crippen LogP contribution in [0.5, 0.6) is 11.5 Å². The highest BCUT2D eigenvalue weighted by atomic mass is 16.5. The number of benzene rings is 1. The van der Waals surface area contributed by atoms with Crippen LogP contribution < -0.4 is 14.8 Å². The van der Waals surface area contributed by atoms with Gasteiger partial charge in [0.1, 0.15) is 11.5 Å². The molecule has 0 saturated heterocycles. The number of rotatable bonds is 7. The van der Waals surface area contributed by atoms with Crippen LogP contribution in [0.4, 0.5) is 0 Å². The summed E-state index contributed by atoms with van der Waals surface area (Å²) in [6, 6.07) is 6.11. The second-order valence-electron chi connectivity index (χ2n) is 4.04. The molecular weight excluding hydrogens is 228 g/mol. The molecule has 4 heteroatoms. The van der Waals surface area contributed by atoms with Gasteiger partial charge in [0.05, 0.1) is 20.3 Å². The third-order valence-corrected chi connectivity index (χ3v) is 2.78. The Hall–Kier alpha value is -1.73. The Morgan fingerprint density at radius 3 is 2.50 bits per heavy atom. The number of hydrogen-bond acceptors (Lipinski definition) is 4. The Morgan fingerprint density at radius 1 is 1.17 bits per heavy atom. The Labute approximate surface area is 109 Å². The van der Waals surface area contributed by atoms with Crippen molar-refractivity contribution in [2.45, 2.75) is 19.8 Å². The van der Waals surface area contributed by atoms with Gasteiger partial charge in [0.15, 0.2) is 0 Å². The standard InChI is InChI=1S/C14H20N2O2/c1-11-9-14(18-3)12(10-13(11)17-2)5-8-16-7-4-6-15/h9-10,16H,4-5,7-8H2,1-3H3. The minimum absolute atomic E-state index is 0.536. The van der Waals surface area contributed by atoms with Gasteiger partial charge >= 0.3 is 0 Å². The van der Waals surface area contributed by atoms with E-state index in [1.165, 1.54) is 0 Å². The highest BCUT2D eigenvalue weighted by Gasteiger charge is 2.08. The van der Waals surface area contributed by atoms with Crippen LogP contribution in [0.15, 0.2) is 12.1 Å². The zero-order valence-electron chi connectivity index (χ0n) is 11.2. The van der Waals surface area contributed by atoms with E-state index in [0.29, 0.717) is 6.42 Å². The number of nitrogens with zero attached hydrogens (tertiary/aromatic N) is 1. The molecule has 0 aromatic heterocycles. The van der Waals surface area contributed by atoms with Crippen LogP contribution in [0, 0.1) is 18.3 Å². The van der Waals surface area contributed by atoms with E-state index in [0.717, 1.165) is 42.1 Å². The zero-order chi connectivity index (χ0) is 13.4. The van der Waals surface area contributed by atoms with Gasteiger partial charge in [-0.1, -0.05) is 0 Å². The fourth-order valence-electron chi connectivity index (χ4n) is 1.80. The van der Waals surface area contributed by atoms with Gasteiger partial charge in [-0.2, -0.15) is 5.26 Å².